The normalized spacial score (nSPS) is 11.4. The second kappa shape index (κ2) is 10.7. The van der Waals surface area contributed by atoms with Crippen LogP contribution in [0.2, 0.25) is 0 Å². The van der Waals surface area contributed by atoms with Crippen LogP contribution in [0.4, 0.5) is 11.4 Å². The number of nitrogens with two attached hydrogens (primary N) is 2. The van der Waals surface area contributed by atoms with Gasteiger partial charge in [-0.25, -0.2) is 0 Å². The highest BCUT2D eigenvalue weighted by molar-refractivity contribution is 6.10. The molecular weight excluding hydrogens is 404 g/mol. The molecule has 3 aromatic carbocycles. The zero-order valence-corrected chi connectivity index (χ0v) is 20.9. The van der Waals surface area contributed by atoms with E-state index in [9.17, 15) is 0 Å². The van der Waals surface area contributed by atoms with Crippen LogP contribution in [-0.2, 0) is 7.05 Å². The van der Waals surface area contributed by atoms with Crippen LogP contribution in [0.25, 0.3) is 32.9 Å². The van der Waals surface area contributed by atoms with Crippen molar-refractivity contribution in [1.82, 2.24) is 0 Å². The molecule has 1 aromatic heterocycles. The van der Waals surface area contributed by atoms with Gasteiger partial charge in [0, 0.05) is 28.4 Å². The van der Waals surface area contributed by atoms with Crippen molar-refractivity contribution in [2.75, 3.05) is 38.1 Å². The second-order valence-electron chi connectivity index (χ2n) is 9.18. The fraction of sp³-hybridized carbons (Fsp3) is 0.345. The number of aryl methyl sites for hydroxylation is 1. The summed E-state index contributed by atoms with van der Waals surface area (Å²) in [7, 11) is 4.42. The molecule has 0 unspecified atom stereocenters. The molecule has 0 bridgehead atoms. The molecule has 33 heavy (non-hydrogen) atoms. The van der Waals surface area contributed by atoms with E-state index in [0.717, 1.165) is 33.5 Å². The minimum absolute atomic E-state index is 0.766. The molecule has 0 fully saturated rings. The fourth-order valence-electron chi connectivity index (χ4n) is 4.37. The maximum atomic E-state index is 6.06. The molecular formula is C29H40N4+2. The molecule has 0 saturated carbocycles. The molecule has 174 valence electrons. The topological polar surface area (TPSA) is 55.9 Å². The molecule has 0 amide bonds. The second-order valence-corrected chi connectivity index (χ2v) is 9.18. The van der Waals surface area contributed by atoms with Gasteiger partial charge in [-0.2, -0.15) is 4.57 Å². The largest absolute Gasteiger partial charge is 0.399 e. The van der Waals surface area contributed by atoms with Crippen molar-refractivity contribution < 1.29 is 9.05 Å². The average Bonchev–Trinajstić information content (AvgIpc) is 2.84. The van der Waals surface area contributed by atoms with Gasteiger partial charge in [-0.3, -0.25) is 0 Å². The summed E-state index contributed by atoms with van der Waals surface area (Å²) in [5, 5.41) is 3.51. The first-order chi connectivity index (χ1) is 15.8. The van der Waals surface area contributed by atoms with Gasteiger partial charge >= 0.3 is 0 Å². The van der Waals surface area contributed by atoms with Gasteiger partial charge in [-0.15, -0.1) is 0 Å². The zero-order valence-electron chi connectivity index (χ0n) is 20.9. The lowest BCUT2D eigenvalue weighted by atomic mass is 9.98. The summed E-state index contributed by atoms with van der Waals surface area (Å²) in [6.45, 7) is 10.7. The van der Waals surface area contributed by atoms with Gasteiger partial charge in [0.25, 0.3) is 0 Å². The Balaban J connectivity index is 0.000000262. The van der Waals surface area contributed by atoms with Gasteiger partial charge < -0.3 is 16.0 Å². The number of fused-ring (bicyclic) bond motifs is 3. The Hall–Kier alpha value is -3.11. The standard InChI is InChI=1S/C20H17N3.C9H22N/c1-23-19-12-15(22)8-10-17(19)16-9-7-14(21)11-18(16)20(23)13-5-3-2-4-6-13;1-5-8-9-10(4,6-2)7-3/h2-12,22H,21H2,1H3;5-9H2,1-4H3/q;+1/p+1. The van der Waals surface area contributed by atoms with E-state index in [1.807, 2.05) is 30.3 Å². The summed E-state index contributed by atoms with van der Waals surface area (Å²) in [4.78, 5) is 0. The Morgan fingerprint density at radius 1 is 0.758 bits per heavy atom. The monoisotopic (exact) mass is 444 g/mol. The van der Waals surface area contributed by atoms with Crippen LogP contribution >= 0.6 is 0 Å². The van der Waals surface area contributed by atoms with E-state index in [1.165, 1.54) is 47.7 Å². The number of quaternary nitrogens is 1. The van der Waals surface area contributed by atoms with Crippen LogP contribution in [0.3, 0.4) is 0 Å². The highest BCUT2D eigenvalue weighted by Gasteiger charge is 2.20. The molecule has 1 heterocycles. The quantitative estimate of drug-likeness (QED) is 0.168. The lowest BCUT2D eigenvalue weighted by molar-refractivity contribution is -0.906. The average molecular weight is 445 g/mol. The number of rotatable bonds is 6. The lowest BCUT2D eigenvalue weighted by Crippen LogP contribution is -2.44. The van der Waals surface area contributed by atoms with E-state index >= 15 is 0 Å². The Bertz CT molecular complexity index is 1210. The first-order valence-corrected chi connectivity index (χ1v) is 12.1. The molecule has 4 heteroatoms. The number of anilines is 2. The number of pyridine rings is 1. The Kier molecular flexibility index (Phi) is 7.93. The number of nitrogens with zero attached hydrogens (tertiary/aromatic N) is 2. The number of hydrogen-bond donors (Lipinski definition) is 2. The van der Waals surface area contributed by atoms with Gasteiger partial charge in [0.1, 0.15) is 7.05 Å². The summed E-state index contributed by atoms with van der Waals surface area (Å²) in [6.07, 6.45) is 2.70. The number of hydrogen-bond acceptors (Lipinski definition) is 2. The molecule has 0 aliphatic rings. The van der Waals surface area contributed by atoms with Gasteiger partial charge in [0.2, 0.25) is 11.2 Å². The van der Waals surface area contributed by atoms with Gasteiger partial charge in [-0.05, 0) is 56.7 Å². The molecule has 4 aromatic rings. The molecule has 0 radical (unpaired) electrons. The minimum Gasteiger partial charge on any atom is -0.399 e. The van der Waals surface area contributed by atoms with Crippen molar-refractivity contribution >= 4 is 33.1 Å². The summed E-state index contributed by atoms with van der Waals surface area (Å²) < 4.78 is 3.44. The van der Waals surface area contributed by atoms with E-state index < -0.39 is 0 Å². The number of benzene rings is 3. The summed E-state index contributed by atoms with van der Waals surface area (Å²) >= 11 is 0. The summed E-state index contributed by atoms with van der Waals surface area (Å²) in [6, 6.07) is 22.5. The number of unbranched alkanes of at least 4 members (excludes halogenated alkanes) is 1. The van der Waals surface area contributed by atoms with Crippen molar-refractivity contribution in [1.29, 1.82) is 0 Å². The molecule has 4 N–H and O–H groups in total. The predicted molar refractivity (Wildman–Crippen MR) is 144 cm³/mol. The van der Waals surface area contributed by atoms with Crippen LogP contribution in [0.1, 0.15) is 33.6 Å². The van der Waals surface area contributed by atoms with Crippen molar-refractivity contribution in [3.63, 3.8) is 0 Å². The first kappa shape index (κ1) is 24.5. The smallest absolute Gasteiger partial charge is 0.220 e. The van der Waals surface area contributed by atoms with Gasteiger partial charge in [0.05, 0.1) is 37.5 Å². The van der Waals surface area contributed by atoms with Crippen molar-refractivity contribution in [2.24, 2.45) is 7.05 Å². The predicted octanol–water partition coefficient (Wildman–Crippen LogP) is 5.92. The summed E-state index contributed by atoms with van der Waals surface area (Å²) in [5.41, 5.74) is 17.0. The van der Waals surface area contributed by atoms with Crippen LogP contribution < -0.4 is 16.0 Å². The van der Waals surface area contributed by atoms with Crippen LogP contribution in [-0.4, -0.2) is 31.2 Å². The maximum absolute atomic E-state index is 6.06. The third kappa shape index (κ3) is 5.45. The summed E-state index contributed by atoms with van der Waals surface area (Å²) in [5.74, 6) is 0. The van der Waals surface area contributed by atoms with E-state index in [2.05, 4.69) is 75.8 Å². The van der Waals surface area contributed by atoms with Gasteiger partial charge in [0.15, 0.2) is 0 Å². The van der Waals surface area contributed by atoms with E-state index in [0.29, 0.717) is 0 Å². The third-order valence-corrected chi connectivity index (χ3v) is 6.93. The molecule has 4 nitrogen and oxygen atoms in total. The Morgan fingerprint density at radius 3 is 1.97 bits per heavy atom. The van der Waals surface area contributed by atoms with Crippen LogP contribution in [0.5, 0.6) is 0 Å². The van der Waals surface area contributed by atoms with Crippen LogP contribution in [0.15, 0.2) is 66.7 Å². The van der Waals surface area contributed by atoms with Crippen molar-refractivity contribution in [3.8, 4) is 11.3 Å². The Morgan fingerprint density at radius 2 is 1.36 bits per heavy atom. The fourth-order valence-corrected chi connectivity index (χ4v) is 4.37. The number of nitrogen functional groups attached to an aromatic ring is 2. The highest BCUT2D eigenvalue weighted by Crippen LogP contribution is 2.32. The highest BCUT2D eigenvalue weighted by atomic mass is 15.3. The molecule has 0 spiro atoms. The molecule has 4 rings (SSSR count). The zero-order chi connectivity index (χ0) is 24.0. The van der Waals surface area contributed by atoms with Crippen LogP contribution in [0, 0.1) is 0 Å². The molecule has 0 atom stereocenters. The lowest BCUT2D eigenvalue weighted by Gasteiger charge is -2.31. The molecule has 0 saturated heterocycles. The third-order valence-electron chi connectivity index (χ3n) is 6.93. The van der Waals surface area contributed by atoms with Crippen molar-refractivity contribution in [2.45, 2.75) is 33.6 Å². The van der Waals surface area contributed by atoms with Crippen molar-refractivity contribution in [3.05, 3.63) is 66.7 Å². The van der Waals surface area contributed by atoms with E-state index in [4.69, 9.17) is 11.5 Å². The number of aromatic nitrogens is 1. The van der Waals surface area contributed by atoms with E-state index in [1.54, 1.807) is 0 Å². The van der Waals surface area contributed by atoms with E-state index in [-0.39, 0.29) is 0 Å². The maximum Gasteiger partial charge on any atom is 0.220 e. The first-order valence-electron chi connectivity index (χ1n) is 12.1. The SMILES string of the molecule is CCCC[N+](C)(CC)CC.C[n+]1c(-c2ccccc2)c2cc(N)ccc2c2ccc(N)cc21. The van der Waals surface area contributed by atoms with Gasteiger partial charge in [-0.1, -0.05) is 37.6 Å². The minimum atomic E-state index is 0.766. The molecule has 0 aliphatic carbocycles. The molecule has 0 aliphatic heterocycles. The Labute approximate surface area is 199 Å².